The molecule has 0 aliphatic carbocycles. The van der Waals surface area contributed by atoms with Crippen LogP contribution in [0.1, 0.15) is 0 Å². The average Bonchev–Trinajstić information content (AvgIpc) is 3.02. The largest absolute Gasteiger partial charge is 0.398 e. The number of nitrogen functional groups attached to an aromatic ring is 1. The van der Waals surface area contributed by atoms with Gasteiger partial charge in [0.05, 0.1) is 5.69 Å². The number of hydrogen-bond donors (Lipinski definition) is 1. The number of piperazine rings is 1. The average molecular weight is 325 g/mol. The van der Waals surface area contributed by atoms with E-state index in [1.54, 1.807) is 17.5 Å². The zero-order valence-corrected chi connectivity index (χ0v) is 12.8. The Hall–Kier alpha value is -1.71. The molecule has 1 fully saturated rings. The van der Waals surface area contributed by atoms with Gasteiger partial charge >= 0.3 is 0 Å². The highest BCUT2D eigenvalue weighted by Crippen LogP contribution is 2.24. The van der Waals surface area contributed by atoms with E-state index in [1.165, 1.54) is 22.8 Å². The Labute approximate surface area is 127 Å². The van der Waals surface area contributed by atoms with Crippen LogP contribution in [-0.4, -0.2) is 48.9 Å². The first-order valence-corrected chi connectivity index (χ1v) is 8.75. The first-order chi connectivity index (χ1) is 10.1. The van der Waals surface area contributed by atoms with Gasteiger partial charge in [0.2, 0.25) is 10.0 Å². The minimum absolute atomic E-state index is 0.0766. The van der Waals surface area contributed by atoms with Crippen molar-refractivity contribution < 1.29 is 8.42 Å². The fraction of sp³-hybridized carbons (Fsp3) is 0.333. The topological polar surface area (TPSA) is 92.4 Å². The standard InChI is InChI=1S/C12H15N5O2S2/c13-10-1-2-14-9-11(10)21(18,19)17-6-4-16(5-7-17)12-15-3-8-20-12/h1-3,8-9H,4-7H2,(H2,13,14). The molecule has 0 aromatic carbocycles. The maximum Gasteiger partial charge on any atom is 0.246 e. The number of hydrogen-bond acceptors (Lipinski definition) is 7. The van der Waals surface area contributed by atoms with E-state index in [1.807, 2.05) is 5.38 Å². The number of rotatable bonds is 3. The van der Waals surface area contributed by atoms with Crippen molar-refractivity contribution in [1.29, 1.82) is 0 Å². The molecule has 9 heteroatoms. The Morgan fingerprint density at radius 2 is 1.95 bits per heavy atom. The molecule has 3 rings (SSSR count). The summed E-state index contributed by atoms with van der Waals surface area (Å²) in [6.07, 6.45) is 4.53. The van der Waals surface area contributed by atoms with Crippen LogP contribution in [0.25, 0.3) is 0 Å². The first kappa shape index (κ1) is 14.2. The molecule has 2 aromatic rings. The molecule has 0 unspecified atom stereocenters. The first-order valence-electron chi connectivity index (χ1n) is 6.43. The smallest absolute Gasteiger partial charge is 0.246 e. The zero-order valence-electron chi connectivity index (χ0n) is 11.2. The highest BCUT2D eigenvalue weighted by molar-refractivity contribution is 7.89. The van der Waals surface area contributed by atoms with Crippen LogP contribution < -0.4 is 10.6 Å². The van der Waals surface area contributed by atoms with Crippen molar-refractivity contribution in [2.24, 2.45) is 0 Å². The molecule has 3 heterocycles. The van der Waals surface area contributed by atoms with Crippen LogP contribution in [0.5, 0.6) is 0 Å². The molecule has 2 N–H and O–H groups in total. The Morgan fingerprint density at radius 1 is 1.19 bits per heavy atom. The molecule has 0 saturated carbocycles. The zero-order chi connectivity index (χ0) is 14.9. The van der Waals surface area contributed by atoms with Crippen LogP contribution in [0.15, 0.2) is 34.9 Å². The van der Waals surface area contributed by atoms with Gasteiger partial charge in [-0.15, -0.1) is 11.3 Å². The summed E-state index contributed by atoms with van der Waals surface area (Å²) in [7, 11) is -3.58. The lowest BCUT2D eigenvalue weighted by molar-refractivity contribution is 0.385. The van der Waals surface area contributed by atoms with Gasteiger partial charge in [-0.05, 0) is 6.07 Å². The Balaban J connectivity index is 1.76. The fourth-order valence-electron chi connectivity index (χ4n) is 2.24. The molecule has 1 aliphatic heterocycles. The summed E-state index contributed by atoms with van der Waals surface area (Å²) < 4.78 is 26.6. The van der Waals surface area contributed by atoms with Crippen molar-refractivity contribution in [3.63, 3.8) is 0 Å². The number of nitrogens with zero attached hydrogens (tertiary/aromatic N) is 4. The summed E-state index contributed by atoms with van der Waals surface area (Å²) in [5.74, 6) is 0. The number of sulfonamides is 1. The highest BCUT2D eigenvalue weighted by Gasteiger charge is 2.30. The third kappa shape index (κ3) is 2.71. The van der Waals surface area contributed by atoms with Crippen molar-refractivity contribution >= 4 is 32.2 Å². The predicted molar refractivity (Wildman–Crippen MR) is 81.7 cm³/mol. The molecule has 0 spiro atoms. The summed E-state index contributed by atoms with van der Waals surface area (Å²) in [6.45, 7) is 2.06. The van der Waals surface area contributed by atoms with Gasteiger partial charge in [0.25, 0.3) is 0 Å². The molecule has 0 atom stereocenters. The molecular formula is C12H15N5O2S2. The van der Waals surface area contributed by atoms with Gasteiger partial charge in [-0.25, -0.2) is 13.4 Å². The number of anilines is 2. The Morgan fingerprint density at radius 3 is 2.57 bits per heavy atom. The van der Waals surface area contributed by atoms with Crippen molar-refractivity contribution in [2.45, 2.75) is 4.90 Å². The number of pyridine rings is 1. The lowest BCUT2D eigenvalue weighted by Gasteiger charge is -2.33. The summed E-state index contributed by atoms with van der Waals surface area (Å²) in [5.41, 5.74) is 5.98. The third-order valence-corrected chi connectivity index (χ3v) is 6.14. The van der Waals surface area contributed by atoms with Crippen LogP contribution in [0.3, 0.4) is 0 Å². The summed E-state index contributed by atoms with van der Waals surface area (Å²) >= 11 is 1.55. The van der Waals surface area contributed by atoms with Gasteiger partial charge in [0, 0.05) is 50.1 Å². The van der Waals surface area contributed by atoms with E-state index in [4.69, 9.17) is 5.73 Å². The number of thiazole rings is 1. The summed E-state index contributed by atoms with van der Waals surface area (Å²) in [5, 5.41) is 2.84. The quantitative estimate of drug-likeness (QED) is 0.890. The minimum Gasteiger partial charge on any atom is -0.398 e. The van der Waals surface area contributed by atoms with Gasteiger partial charge in [-0.3, -0.25) is 4.98 Å². The minimum atomic E-state index is -3.58. The lowest BCUT2D eigenvalue weighted by atomic mass is 10.4. The van der Waals surface area contributed by atoms with Gasteiger partial charge in [-0.2, -0.15) is 4.31 Å². The maximum absolute atomic E-state index is 12.6. The Bertz CT molecular complexity index is 709. The van der Waals surface area contributed by atoms with E-state index >= 15 is 0 Å². The molecule has 0 radical (unpaired) electrons. The van der Waals surface area contributed by atoms with Crippen molar-refractivity contribution in [3.05, 3.63) is 30.0 Å². The van der Waals surface area contributed by atoms with E-state index in [0.29, 0.717) is 26.2 Å². The molecule has 7 nitrogen and oxygen atoms in total. The maximum atomic E-state index is 12.6. The second kappa shape index (κ2) is 5.58. The highest BCUT2D eigenvalue weighted by atomic mass is 32.2. The molecule has 0 amide bonds. The van der Waals surface area contributed by atoms with Crippen LogP contribution in [0.4, 0.5) is 10.8 Å². The van der Waals surface area contributed by atoms with Crippen LogP contribution in [-0.2, 0) is 10.0 Å². The van der Waals surface area contributed by atoms with Crippen LogP contribution in [0.2, 0.25) is 0 Å². The van der Waals surface area contributed by atoms with Crippen molar-refractivity contribution in [2.75, 3.05) is 36.8 Å². The number of nitrogens with two attached hydrogens (primary N) is 1. The van der Waals surface area contributed by atoms with Gasteiger partial charge in [0.15, 0.2) is 5.13 Å². The molecule has 21 heavy (non-hydrogen) atoms. The molecular weight excluding hydrogens is 310 g/mol. The van der Waals surface area contributed by atoms with E-state index in [0.717, 1.165) is 5.13 Å². The Kier molecular flexibility index (Phi) is 3.79. The van der Waals surface area contributed by atoms with Gasteiger partial charge < -0.3 is 10.6 Å². The SMILES string of the molecule is Nc1ccncc1S(=O)(=O)N1CCN(c2nccs2)CC1. The third-order valence-electron chi connectivity index (χ3n) is 3.36. The molecule has 2 aromatic heterocycles. The van der Waals surface area contributed by atoms with Gasteiger partial charge in [0.1, 0.15) is 4.90 Å². The summed E-state index contributed by atoms with van der Waals surface area (Å²) in [4.78, 5) is 10.3. The second-order valence-corrected chi connectivity index (χ2v) is 7.40. The predicted octanol–water partition coefficient (Wildman–Crippen LogP) is 0.631. The van der Waals surface area contributed by atoms with Crippen molar-refractivity contribution in [1.82, 2.24) is 14.3 Å². The normalized spacial score (nSPS) is 17.0. The molecule has 0 bridgehead atoms. The van der Waals surface area contributed by atoms with Crippen molar-refractivity contribution in [3.8, 4) is 0 Å². The number of aromatic nitrogens is 2. The molecule has 1 saturated heterocycles. The van der Waals surface area contributed by atoms with Crippen LogP contribution in [0, 0.1) is 0 Å². The fourth-order valence-corrected chi connectivity index (χ4v) is 4.42. The molecule has 1 aliphatic rings. The van der Waals surface area contributed by atoms with E-state index in [9.17, 15) is 8.42 Å². The molecule has 112 valence electrons. The van der Waals surface area contributed by atoms with E-state index in [2.05, 4.69) is 14.9 Å². The summed E-state index contributed by atoms with van der Waals surface area (Å²) in [6, 6.07) is 1.50. The monoisotopic (exact) mass is 325 g/mol. The van der Waals surface area contributed by atoms with Crippen LogP contribution >= 0.6 is 11.3 Å². The van der Waals surface area contributed by atoms with Gasteiger partial charge in [-0.1, -0.05) is 0 Å². The van der Waals surface area contributed by atoms with E-state index < -0.39 is 10.0 Å². The van der Waals surface area contributed by atoms with E-state index in [-0.39, 0.29) is 10.6 Å². The lowest BCUT2D eigenvalue weighted by Crippen LogP contribution is -2.48. The second-order valence-electron chi connectivity index (χ2n) is 4.62.